The average Bonchev–Trinajstić information content (AvgIpc) is 2.18. The first kappa shape index (κ1) is 4.48. The number of benzene rings is 1. The molecule has 0 radical (unpaired) electrons. The van der Waals surface area contributed by atoms with Gasteiger partial charge in [-0.25, -0.2) is 0 Å². The SMILES string of the molecule is Cl.[2H]c1c([2H])c([2H])c(CC(C)N)c([2H])c1[2H]. The first-order valence-electron chi connectivity index (χ1n) is 5.67. The third-order valence-corrected chi connectivity index (χ3v) is 1.08. The van der Waals surface area contributed by atoms with Gasteiger partial charge in [-0.1, -0.05) is 30.2 Å². The molecule has 1 unspecified atom stereocenters. The molecular weight excluding hydrogens is 158 g/mol. The van der Waals surface area contributed by atoms with Crippen molar-refractivity contribution in [3.05, 3.63) is 35.8 Å². The summed E-state index contributed by atoms with van der Waals surface area (Å²) in [4.78, 5) is 0. The van der Waals surface area contributed by atoms with E-state index < -0.39 is 0 Å². The Kier molecular flexibility index (Phi) is 2.11. The van der Waals surface area contributed by atoms with Gasteiger partial charge in [-0.05, 0) is 18.9 Å². The van der Waals surface area contributed by atoms with Gasteiger partial charge in [0.2, 0.25) is 0 Å². The third-order valence-electron chi connectivity index (χ3n) is 1.08. The van der Waals surface area contributed by atoms with E-state index in [1.165, 1.54) is 0 Å². The molecule has 1 nitrogen and oxygen atoms in total. The van der Waals surface area contributed by atoms with E-state index in [0.29, 0.717) is 0 Å². The molecule has 0 saturated carbocycles. The van der Waals surface area contributed by atoms with Crippen LogP contribution in [0, 0.1) is 0 Å². The van der Waals surface area contributed by atoms with Gasteiger partial charge >= 0.3 is 0 Å². The van der Waals surface area contributed by atoms with E-state index in [1.54, 1.807) is 6.92 Å². The van der Waals surface area contributed by atoms with Crippen molar-refractivity contribution in [2.45, 2.75) is 19.4 Å². The Labute approximate surface area is 81.0 Å². The van der Waals surface area contributed by atoms with E-state index in [4.69, 9.17) is 12.6 Å². The van der Waals surface area contributed by atoms with E-state index in [1.807, 2.05) is 0 Å². The molecule has 0 bridgehead atoms. The smallest absolute Gasteiger partial charge is 0.0626 e. The largest absolute Gasteiger partial charge is 0.328 e. The average molecular weight is 177 g/mol. The van der Waals surface area contributed by atoms with E-state index in [2.05, 4.69) is 0 Å². The lowest BCUT2D eigenvalue weighted by Crippen LogP contribution is -2.17. The summed E-state index contributed by atoms with van der Waals surface area (Å²) >= 11 is 0. The number of hydrogen-bond donors (Lipinski definition) is 1. The summed E-state index contributed by atoms with van der Waals surface area (Å²) in [5, 5.41) is 0. The van der Waals surface area contributed by atoms with Crippen LogP contribution in [0.5, 0.6) is 0 Å². The minimum atomic E-state index is -0.363. The van der Waals surface area contributed by atoms with Crippen LogP contribution in [-0.4, -0.2) is 6.04 Å². The quantitative estimate of drug-likeness (QED) is 0.733. The highest BCUT2D eigenvalue weighted by molar-refractivity contribution is 5.85. The monoisotopic (exact) mass is 176 g/mol. The second kappa shape index (κ2) is 5.16. The summed E-state index contributed by atoms with van der Waals surface area (Å²) in [6.45, 7) is 1.74. The van der Waals surface area contributed by atoms with Gasteiger partial charge in [0.15, 0.2) is 0 Å². The second-order valence-electron chi connectivity index (χ2n) is 2.28. The molecule has 62 valence electrons. The normalized spacial score (nSPS) is 18.2. The predicted molar refractivity (Wildman–Crippen MR) is 51.0 cm³/mol. The van der Waals surface area contributed by atoms with Crippen LogP contribution >= 0.6 is 12.4 Å². The van der Waals surface area contributed by atoms with Crippen LogP contribution in [0.4, 0.5) is 0 Å². The van der Waals surface area contributed by atoms with Gasteiger partial charge in [0.25, 0.3) is 0 Å². The molecule has 1 atom stereocenters. The van der Waals surface area contributed by atoms with E-state index in [-0.39, 0.29) is 60.6 Å². The van der Waals surface area contributed by atoms with Gasteiger partial charge in [-0.2, -0.15) is 0 Å². The van der Waals surface area contributed by atoms with Gasteiger partial charge < -0.3 is 5.73 Å². The zero-order valence-electron chi connectivity index (χ0n) is 11.3. The lowest BCUT2D eigenvalue weighted by atomic mass is 10.1. The summed E-state index contributed by atoms with van der Waals surface area (Å²) in [6.07, 6.45) is 0.287. The molecule has 1 rings (SSSR count). The number of rotatable bonds is 2. The Morgan fingerprint density at radius 2 is 2.00 bits per heavy atom. The predicted octanol–water partition coefficient (Wildman–Crippen LogP) is 2.00. The van der Waals surface area contributed by atoms with Gasteiger partial charge in [-0.3, -0.25) is 0 Å². The summed E-state index contributed by atoms with van der Waals surface area (Å²) in [7, 11) is 0. The molecule has 0 fully saturated rings. The number of nitrogens with two attached hydrogens (primary N) is 1. The van der Waals surface area contributed by atoms with Crippen LogP contribution in [0.15, 0.2) is 30.2 Å². The fourth-order valence-corrected chi connectivity index (χ4v) is 0.700. The standard InChI is InChI=1S/C9H13N.ClH/c1-8(10)7-9-5-3-2-4-6-9;/h2-6,8H,7,10H2,1H3;1H/i2D,3D,4D,5D,6D;. The molecule has 0 aliphatic heterocycles. The molecule has 2 heteroatoms. The molecule has 0 heterocycles. The van der Waals surface area contributed by atoms with Crippen LogP contribution in [0.25, 0.3) is 0 Å². The molecule has 2 N–H and O–H groups in total. The maximum absolute atomic E-state index is 7.60. The maximum Gasteiger partial charge on any atom is 0.0626 e. The van der Waals surface area contributed by atoms with E-state index in [0.717, 1.165) is 0 Å². The molecule has 11 heavy (non-hydrogen) atoms. The van der Waals surface area contributed by atoms with Crippen molar-refractivity contribution in [3.63, 3.8) is 0 Å². The Balaban J connectivity index is 0.00000225. The fourth-order valence-electron chi connectivity index (χ4n) is 0.700. The van der Waals surface area contributed by atoms with Crippen LogP contribution in [0.3, 0.4) is 0 Å². The molecule has 0 spiro atoms. The van der Waals surface area contributed by atoms with Gasteiger partial charge in [0, 0.05) is 6.04 Å². The zero-order valence-corrected chi connectivity index (χ0v) is 7.09. The molecule has 1 aromatic carbocycles. The Bertz CT molecular complexity index is 365. The van der Waals surface area contributed by atoms with Crippen molar-refractivity contribution in [1.29, 1.82) is 0 Å². The maximum atomic E-state index is 7.60. The zero-order chi connectivity index (χ0) is 11.7. The highest BCUT2D eigenvalue weighted by Gasteiger charge is 1.94. The van der Waals surface area contributed by atoms with Crippen molar-refractivity contribution in [3.8, 4) is 0 Å². The Morgan fingerprint density at radius 3 is 2.45 bits per heavy atom. The van der Waals surface area contributed by atoms with Crippen LogP contribution in [0.2, 0.25) is 0 Å². The van der Waals surface area contributed by atoms with Gasteiger partial charge in [0.1, 0.15) is 0 Å². The summed E-state index contributed by atoms with van der Waals surface area (Å²) < 4.78 is 37.5. The summed E-state index contributed by atoms with van der Waals surface area (Å²) in [6, 6.07) is -1.50. The molecule has 1 aromatic rings. The van der Waals surface area contributed by atoms with Crippen LogP contribution in [0.1, 0.15) is 19.3 Å². The first-order valence-corrected chi connectivity index (χ1v) is 3.17. The van der Waals surface area contributed by atoms with E-state index >= 15 is 0 Å². The number of hydrogen-bond acceptors (Lipinski definition) is 1. The molecule has 0 amide bonds. The molecule has 0 aliphatic rings. The van der Waals surface area contributed by atoms with Gasteiger partial charge in [-0.15, -0.1) is 12.4 Å². The summed E-state index contributed by atoms with van der Waals surface area (Å²) in [5.74, 6) is 0. The molecule has 0 aromatic heterocycles. The number of halogens is 1. The van der Waals surface area contributed by atoms with Crippen molar-refractivity contribution >= 4 is 12.4 Å². The summed E-state index contributed by atoms with van der Waals surface area (Å²) in [5.41, 5.74) is 5.85. The minimum Gasteiger partial charge on any atom is -0.328 e. The molecular formula is C9H14ClN. The van der Waals surface area contributed by atoms with Crippen molar-refractivity contribution in [1.82, 2.24) is 0 Å². The minimum absolute atomic E-state index is 0. The van der Waals surface area contributed by atoms with Gasteiger partial charge in [0.05, 0.1) is 6.85 Å². The van der Waals surface area contributed by atoms with Crippen LogP contribution < -0.4 is 5.73 Å². The third kappa shape index (κ3) is 4.02. The van der Waals surface area contributed by atoms with Crippen LogP contribution in [-0.2, 0) is 6.42 Å². The lowest BCUT2D eigenvalue weighted by molar-refractivity contribution is 0.738. The molecule has 0 aliphatic carbocycles. The molecule has 0 saturated heterocycles. The van der Waals surface area contributed by atoms with E-state index in [9.17, 15) is 0 Å². The fraction of sp³-hybridized carbons (Fsp3) is 0.333. The van der Waals surface area contributed by atoms with Crippen molar-refractivity contribution in [2.75, 3.05) is 0 Å². The van der Waals surface area contributed by atoms with Crippen molar-refractivity contribution < 1.29 is 6.85 Å². The highest BCUT2D eigenvalue weighted by Crippen LogP contribution is 2.00. The Morgan fingerprint density at radius 1 is 1.45 bits per heavy atom. The second-order valence-corrected chi connectivity index (χ2v) is 2.28. The highest BCUT2D eigenvalue weighted by atomic mass is 35.5. The Hall–Kier alpha value is -0.530. The van der Waals surface area contributed by atoms with Crippen molar-refractivity contribution in [2.24, 2.45) is 5.73 Å². The lowest BCUT2D eigenvalue weighted by Gasteiger charge is -2.02. The topological polar surface area (TPSA) is 26.0 Å². The first-order chi connectivity index (χ1) is 6.86.